The van der Waals surface area contributed by atoms with Crippen molar-refractivity contribution >= 4 is 39.7 Å². The first-order valence-electron chi connectivity index (χ1n) is 9.82. The Bertz CT molecular complexity index is 1090. The minimum atomic E-state index is -0.0129. The van der Waals surface area contributed by atoms with E-state index in [1.807, 2.05) is 42.6 Å². The van der Waals surface area contributed by atoms with Crippen molar-refractivity contribution in [3.8, 4) is 0 Å². The molecular weight excluding hydrogens is 400 g/mol. The lowest BCUT2D eigenvalue weighted by Crippen LogP contribution is -2.28. The van der Waals surface area contributed by atoms with E-state index >= 15 is 0 Å². The maximum absolute atomic E-state index is 12.5. The van der Waals surface area contributed by atoms with E-state index in [-0.39, 0.29) is 11.8 Å². The van der Waals surface area contributed by atoms with Gasteiger partial charge in [-0.1, -0.05) is 54.1 Å². The molecular formula is C24H23ClN2OS. The molecule has 0 radical (unpaired) electrons. The molecule has 0 aliphatic rings. The lowest BCUT2D eigenvalue weighted by atomic mass is 9.90. The van der Waals surface area contributed by atoms with E-state index in [1.165, 1.54) is 4.88 Å². The molecule has 0 fully saturated rings. The number of aryl methyl sites for hydroxylation is 1. The Morgan fingerprint density at radius 1 is 1.03 bits per heavy atom. The molecule has 4 aromatic rings. The largest absolute Gasteiger partial charge is 0.361 e. The number of carbonyl (C=O) groups excluding carboxylic acids is 1. The van der Waals surface area contributed by atoms with E-state index in [2.05, 4.69) is 39.9 Å². The summed E-state index contributed by atoms with van der Waals surface area (Å²) in [7, 11) is 0. The summed E-state index contributed by atoms with van der Waals surface area (Å²) in [5.41, 5.74) is 3.26. The van der Waals surface area contributed by atoms with Crippen LogP contribution >= 0.6 is 22.9 Å². The first-order valence-corrected chi connectivity index (χ1v) is 11.1. The van der Waals surface area contributed by atoms with E-state index in [4.69, 9.17) is 11.6 Å². The lowest BCUT2D eigenvalue weighted by Gasteiger charge is -2.19. The Morgan fingerprint density at radius 3 is 2.69 bits per heavy atom. The molecule has 0 bridgehead atoms. The van der Waals surface area contributed by atoms with Crippen molar-refractivity contribution < 1.29 is 4.79 Å². The molecule has 2 N–H and O–H groups in total. The number of fused-ring (bicyclic) bond motifs is 1. The van der Waals surface area contributed by atoms with Crippen LogP contribution in [0.2, 0.25) is 5.02 Å². The molecule has 3 nitrogen and oxygen atoms in total. The van der Waals surface area contributed by atoms with Crippen molar-refractivity contribution in [3.05, 3.63) is 93.3 Å². The monoisotopic (exact) mass is 422 g/mol. The van der Waals surface area contributed by atoms with Crippen molar-refractivity contribution in [2.24, 2.45) is 0 Å². The fourth-order valence-corrected chi connectivity index (χ4v) is 4.73. The molecule has 0 unspecified atom stereocenters. The van der Waals surface area contributed by atoms with Crippen molar-refractivity contribution in [1.82, 2.24) is 10.3 Å². The number of aromatic nitrogens is 1. The lowest BCUT2D eigenvalue weighted by molar-refractivity contribution is -0.121. The van der Waals surface area contributed by atoms with Gasteiger partial charge in [0, 0.05) is 45.9 Å². The number of amides is 1. The number of benzene rings is 2. The average Bonchev–Trinajstić information content (AvgIpc) is 3.40. The molecule has 1 atom stereocenters. The smallest absolute Gasteiger partial charge is 0.220 e. The Hall–Kier alpha value is -2.56. The Balaban J connectivity index is 1.49. The normalized spacial score (nSPS) is 12.2. The van der Waals surface area contributed by atoms with Crippen molar-refractivity contribution in [2.75, 3.05) is 6.54 Å². The zero-order valence-electron chi connectivity index (χ0n) is 16.0. The first kappa shape index (κ1) is 19.7. The highest BCUT2D eigenvalue weighted by atomic mass is 35.5. The fraction of sp³-hybridized carbons (Fsp3) is 0.208. The average molecular weight is 423 g/mol. The summed E-state index contributed by atoms with van der Waals surface area (Å²) in [4.78, 5) is 17.1. The summed E-state index contributed by atoms with van der Waals surface area (Å²) in [5.74, 6) is 0.0690. The van der Waals surface area contributed by atoms with Gasteiger partial charge in [0.25, 0.3) is 0 Å². The van der Waals surface area contributed by atoms with Gasteiger partial charge in [0.2, 0.25) is 5.91 Å². The molecule has 0 aliphatic carbocycles. The van der Waals surface area contributed by atoms with Gasteiger partial charge in [-0.05, 0) is 47.5 Å². The molecule has 5 heteroatoms. The highest BCUT2D eigenvalue weighted by Crippen LogP contribution is 2.34. The van der Waals surface area contributed by atoms with Gasteiger partial charge >= 0.3 is 0 Å². The molecule has 2 aromatic carbocycles. The second kappa shape index (κ2) is 9.29. The number of para-hydroxylation sites is 1. The molecule has 2 aromatic heterocycles. The molecule has 0 aliphatic heterocycles. The number of halogens is 1. The Labute approximate surface area is 179 Å². The van der Waals surface area contributed by atoms with Crippen LogP contribution in [-0.2, 0) is 11.2 Å². The minimum Gasteiger partial charge on any atom is -0.361 e. The second-order valence-corrected chi connectivity index (χ2v) is 8.54. The van der Waals surface area contributed by atoms with Gasteiger partial charge in [-0.15, -0.1) is 11.3 Å². The molecule has 4 rings (SSSR count). The molecule has 0 saturated carbocycles. The number of nitrogens with one attached hydrogen (secondary N) is 2. The van der Waals surface area contributed by atoms with E-state index < -0.39 is 0 Å². The quantitative estimate of drug-likeness (QED) is 0.351. The maximum Gasteiger partial charge on any atom is 0.220 e. The van der Waals surface area contributed by atoms with Crippen LogP contribution in [-0.4, -0.2) is 17.4 Å². The predicted octanol–water partition coefficient (Wildman–Crippen LogP) is 6.15. The summed E-state index contributed by atoms with van der Waals surface area (Å²) >= 11 is 8.26. The number of thiophene rings is 1. The molecule has 2 heterocycles. The standard InChI is InChI=1S/C24H23ClN2OS/c25-22-11-3-1-9-18(22)20(21-15-26-23-12-4-2-10-19(21)23)16-27-24(28)13-5-7-17-8-6-14-29-17/h1-4,6,8-12,14-15,20,26H,5,7,13,16H2,(H,27,28)/t20-/m1/s1. The summed E-state index contributed by atoms with van der Waals surface area (Å²) < 4.78 is 0. The van der Waals surface area contributed by atoms with Gasteiger partial charge in [0.15, 0.2) is 0 Å². The van der Waals surface area contributed by atoms with Crippen LogP contribution in [0.5, 0.6) is 0 Å². The number of hydrogen-bond acceptors (Lipinski definition) is 2. The zero-order valence-corrected chi connectivity index (χ0v) is 17.6. The summed E-state index contributed by atoms with van der Waals surface area (Å²) in [6, 6.07) is 20.3. The number of carbonyl (C=O) groups is 1. The summed E-state index contributed by atoms with van der Waals surface area (Å²) in [5, 5.41) is 7.08. The number of rotatable bonds is 8. The van der Waals surface area contributed by atoms with Crippen molar-refractivity contribution in [1.29, 1.82) is 0 Å². The van der Waals surface area contributed by atoms with Crippen LogP contribution in [0, 0.1) is 0 Å². The predicted molar refractivity (Wildman–Crippen MR) is 122 cm³/mol. The highest BCUT2D eigenvalue weighted by Gasteiger charge is 2.21. The van der Waals surface area contributed by atoms with Crippen LogP contribution in [0.1, 0.15) is 34.8 Å². The SMILES string of the molecule is O=C(CCCc1cccs1)NC[C@H](c1ccccc1Cl)c1c[nH]c2ccccc12. The van der Waals surface area contributed by atoms with Gasteiger partial charge in [-0.3, -0.25) is 4.79 Å². The zero-order chi connectivity index (χ0) is 20.1. The van der Waals surface area contributed by atoms with Gasteiger partial charge in [0.1, 0.15) is 0 Å². The van der Waals surface area contributed by atoms with Gasteiger partial charge < -0.3 is 10.3 Å². The molecule has 29 heavy (non-hydrogen) atoms. The van der Waals surface area contributed by atoms with Crippen LogP contribution < -0.4 is 5.32 Å². The molecule has 0 saturated heterocycles. The van der Waals surface area contributed by atoms with E-state index in [0.717, 1.165) is 39.9 Å². The number of H-pyrrole nitrogens is 1. The fourth-order valence-electron chi connectivity index (χ4n) is 3.71. The van der Waals surface area contributed by atoms with E-state index in [9.17, 15) is 4.79 Å². The first-order chi connectivity index (χ1) is 14.2. The van der Waals surface area contributed by atoms with Crippen LogP contribution in [0.3, 0.4) is 0 Å². The van der Waals surface area contributed by atoms with Crippen molar-refractivity contribution in [3.63, 3.8) is 0 Å². The highest BCUT2D eigenvalue weighted by molar-refractivity contribution is 7.09. The molecule has 0 spiro atoms. The third kappa shape index (κ3) is 4.72. The number of hydrogen-bond donors (Lipinski definition) is 2. The Morgan fingerprint density at radius 2 is 1.86 bits per heavy atom. The topological polar surface area (TPSA) is 44.9 Å². The van der Waals surface area contributed by atoms with Gasteiger partial charge in [-0.2, -0.15) is 0 Å². The molecule has 1 amide bonds. The number of aromatic amines is 1. The third-order valence-corrected chi connectivity index (χ3v) is 6.47. The summed E-state index contributed by atoms with van der Waals surface area (Å²) in [6.45, 7) is 0.517. The van der Waals surface area contributed by atoms with Crippen LogP contribution in [0.4, 0.5) is 0 Å². The minimum absolute atomic E-state index is 0.0129. The van der Waals surface area contributed by atoms with E-state index in [1.54, 1.807) is 11.3 Å². The maximum atomic E-state index is 12.5. The van der Waals surface area contributed by atoms with Crippen LogP contribution in [0.25, 0.3) is 10.9 Å². The molecule has 148 valence electrons. The summed E-state index contributed by atoms with van der Waals surface area (Å²) in [6.07, 6.45) is 4.36. The van der Waals surface area contributed by atoms with Gasteiger partial charge in [0.05, 0.1) is 0 Å². The van der Waals surface area contributed by atoms with Gasteiger partial charge in [-0.25, -0.2) is 0 Å². The van der Waals surface area contributed by atoms with Crippen molar-refractivity contribution in [2.45, 2.75) is 25.2 Å². The van der Waals surface area contributed by atoms with Crippen LogP contribution in [0.15, 0.2) is 72.2 Å². The third-order valence-electron chi connectivity index (χ3n) is 5.19. The Kier molecular flexibility index (Phi) is 6.33. The second-order valence-electron chi connectivity index (χ2n) is 7.10. The van der Waals surface area contributed by atoms with E-state index in [0.29, 0.717) is 13.0 Å².